The van der Waals surface area contributed by atoms with Gasteiger partial charge in [-0.25, -0.2) is 0 Å². The molecule has 1 aromatic rings. The molecule has 2 rings (SSSR count). The average Bonchev–Trinajstić information content (AvgIpc) is 2.99. The summed E-state index contributed by atoms with van der Waals surface area (Å²) in [7, 11) is 3.50. The Morgan fingerprint density at radius 3 is 2.76 bits per heavy atom. The molecule has 5 heteroatoms. The standard InChI is InChI=1S/C16H23N3O.HI/c1-17-16(19-14-7-3-4-8-14)18-11-10-13-6-5-9-15(12-13)20-2;/h3-6,9,12,14H,7-8,10-11H2,1-2H3,(H2,17,18,19);1H. The molecular weight excluding hydrogens is 377 g/mol. The van der Waals surface area contributed by atoms with E-state index in [1.54, 1.807) is 7.11 Å². The summed E-state index contributed by atoms with van der Waals surface area (Å²) in [5.41, 5.74) is 1.26. The van der Waals surface area contributed by atoms with Crippen LogP contribution in [0.15, 0.2) is 41.4 Å². The molecule has 0 heterocycles. The van der Waals surface area contributed by atoms with Gasteiger partial charge in [0.05, 0.1) is 7.11 Å². The van der Waals surface area contributed by atoms with Gasteiger partial charge in [-0.15, -0.1) is 24.0 Å². The van der Waals surface area contributed by atoms with Gasteiger partial charge in [0.25, 0.3) is 0 Å². The third-order valence-electron chi connectivity index (χ3n) is 3.41. The Kier molecular flexibility index (Phi) is 8.19. The third-order valence-corrected chi connectivity index (χ3v) is 3.41. The zero-order valence-corrected chi connectivity index (χ0v) is 15.0. The van der Waals surface area contributed by atoms with Crippen molar-refractivity contribution < 1.29 is 4.74 Å². The fraction of sp³-hybridized carbons (Fsp3) is 0.438. The van der Waals surface area contributed by atoms with E-state index in [9.17, 15) is 0 Å². The van der Waals surface area contributed by atoms with Crippen molar-refractivity contribution in [3.63, 3.8) is 0 Å². The molecule has 0 unspecified atom stereocenters. The predicted molar refractivity (Wildman–Crippen MR) is 98.8 cm³/mol. The molecule has 0 radical (unpaired) electrons. The van der Waals surface area contributed by atoms with E-state index >= 15 is 0 Å². The van der Waals surface area contributed by atoms with Crippen LogP contribution in [0.1, 0.15) is 18.4 Å². The number of rotatable bonds is 5. The maximum atomic E-state index is 5.23. The van der Waals surface area contributed by atoms with Crippen LogP contribution in [-0.2, 0) is 6.42 Å². The Hall–Kier alpha value is -1.24. The summed E-state index contributed by atoms with van der Waals surface area (Å²) in [5, 5.41) is 6.78. The molecule has 0 spiro atoms. The lowest BCUT2D eigenvalue weighted by molar-refractivity contribution is 0.414. The fourth-order valence-electron chi connectivity index (χ4n) is 2.28. The van der Waals surface area contributed by atoms with Crippen LogP contribution in [0.3, 0.4) is 0 Å². The molecule has 0 amide bonds. The molecule has 21 heavy (non-hydrogen) atoms. The van der Waals surface area contributed by atoms with Crippen LogP contribution in [0.4, 0.5) is 0 Å². The molecule has 4 nitrogen and oxygen atoms in total. The lowest BCUT2D eigenvalue weighted by Gasteiger charge is -2.16. The summed E-state index contributed by atoms with van der Waals surface area (Å²) in [6.07, 6.45) is 7.52. The SMILES string of the molecule is CN=C(NCCc1cccc(OC)c1)NC1CC=CC1.I. The maximum Gasteiger partial charge on any atom is 0.191 e. The lowest BCUT2D eigenvalue weighted by Crippen LogP contribution is -2.43. The predicted octanol–water partition coefficient (Wildman–Crippen LogP) is 2.74. The molecule has 0 fully saturated rings. The number of guanidine groups is 1. The van der Waals surface area contributed by atoms with Crippen LogP contribution in [0.5, 0.6) is 5.75 Å². The highest BCUT2D eigenvalue weighted by Crippen LogP contribution is 2.12. The first-order valence-electron chi connectivity index (χ1n) is 7.07. The van der Waals surface area contributed by atoms with E-state index in [0.717, 1.165) is 37.5 Å². The monoisotopic (exact) mass is 401 g/mol. The normalized spacial score (nSPS) is 14.7. The van der Waals surface area contributed by atoms with Crippen molar-refractivity contribution in [2.75, 3.05) is 20.7 Å². The quantitative estimate of drug-likeness (QED) is 0.345. The zero-order valence-electron chi connectivity index (χ0n) is 12.6. The highest BCUT2D eigenvalue weighted by molar-refractivity contribution is 14.0. The second-order valence-electron chi connectivity index (χ2n) is 4.88. The minimum Gasteiger partial charge on any atom is -0.497 e. The summed E-state index contributed by atoms with van der Waals surface area (Å²) >= 11 is 0. The van der Waals surface area contributed by atoms with E-state index < -0.39 is 0 Å². The van der Waals surface area contributed by atoms with Crippen molar-refractivity contribution in [1.82, 2.24) is 10.6 Å². The van der Waals surface area contributed by atoms with Crippen molar-refractivity contribution in [2.24, 2.45) is 4.99 Å². The first-order chi connectivity index (χ1) is 9.81. The molecule has 1 aliphatic rings. The molecule has 2 N–H and O–H groups in total. The summed E-state index contributed by atoms with van der Waals surface area (Å²) in [6, 6.07) is 8.65. The van der Waals surface area contributed by atoms with Crippen LogP contribution in [0, 0.1) is 0 Å². The van der Waals surface area contributed by atoms with E-state index in [2.05, 4.69) is 39.9 Å². The Balaban J connectivity index is 0.00000220. The molecule has 0 atom stereocenters. The van der Waals surface area contributed by atoms with Crippen molar-refractivity contribution in [3.05, 3.63) is 42.0 Å². The van der Waals surface area contributed by atoms with E-state index in [4.69, 9.17) is 4.74 Å². The molecule has 116 valence electrons. The summed E-state index contributed by atoms with van der Waals surface area (Å²) in [4.78, 5) is 4.26. The van der Waals surface area contributed by atoms with Gasteiger partial charge < -0.3 is 15.4 Å². The van der Waals surface area contributed by atoms with Gasteiger partial charge in [0.15, 0.2) is 5.96 Å². The number of aliphatic imine (C=N–C) groups is 1. The van der Waals surface area contributed by atoms with Gasteiger partial charge in [0.1, 0.15) is 5.75 Å². The highest BCUT2D eigenvalue weighted by atomic mass is 127. The number of benzene rings is 1. The number of nitrogens with zero attached hydrogens (tertiary/aromatic N) is 1. The minimum absolute atomic E-state index is 0. The summed E-state index contributed by atoms with van der Waals surface area (Å²) in [5.74, 6) is 1.78. The van der Waals surface area contributed by atoms with Crippen molar-refractivity contribution in [3.8, 4) is 5.75 Å². The van der Waals surface area contributed by atoms with Gasteiger partial charge in [-0.1, -0.05) is 24.3 Å². The second-order valence-corrected chi connectivity index (χ2v) is 4.88. The van der Waals surface area contributed by atoms with Gasteiger partial charge in [-0.2, -0.15) is 0 Å². The Morgan fingerprint density at radius 1 is 1.33 bits per heavy atom. The number of halogens is 1. The lowest BCUT2D eigenvalue weighted by atomic mass is 10.1. The summed E-state index contributed by atoms with van der Waals surface area (Å²) in [6.45, 7) is 0.854. The first-order valence-corrected chi connectivity index (χ1v) is 7.07. The smallest absolute Gasteiger partial charge is 0.191 e. The molecule has 0 saturated heterocycles. The third kappa shape index (κ3) is 5.95. The summed E-state index contributed by atoms with van der Waals surface area (Å²) < 4.78 is 5.23. The topological polar surface area (TPSA) is 45.7 Å². The fourth-order valence-corrected chi connectivity index (χ4v) is 2.28. The number of ether oxygens (including phenoxy) is 1. The Labute approximate surface area is 144 Å². The number of nitrogens with one attached hydrogen (secondary N) is 2. The molecule has 0 bridgehead atoms. The van der Waals surface area contributed by atoms with E-state index in [1.807, 2.05) is 19.2 Å². The van der Waals surface area contributed by atoms with Gasteiger partial charge in [-0.3, -0.25) is 4.99 Å². The zero-order chi connectivity index (χ0) is 14.2. The van der Waals surface area contributed by atoms with Crippen LogP contribution in [-0.4, -0.2) is 32.7 Å². The van der Waals surface area contributed by atoms with E-state index in [1.165, 1.54) is 5.56 Å². The van der Waals surface area contributed by atoms with Gasteiger partial charge in [-0.05, 0) is 37.0 Å². The molecule has 1 aromatic carbocycles. The number of hydrogen-bond acceptors (Lipinski definition) is 2. The highest BCUT2D eigenvalue weighted by Gasteiger charge is 2.11. The first kappa shape index (κ1) is 17.8. The van der Waals surface area contributed by atoms with Crippen LogP contribution >= 0.6 is 24.0 Å². The second kappa shape index (κ2) is 9.65. The largest absolute Gasteiger partial charge is 0.497 e. The Bertz CT molecular complexity index is 480. The minimum atomic E-state index is 0. The number of hydrogen-bond donors (Lipinski definition) is 2. The van der Waals surface area contributed by atoms with Gasteiger partial charge in [0.2, 0.25) is 0 Å². The van der Waals surface area contributed by atoms with Crippen LogP contribution in [0.25, 0.3) is 0 Å². The van der Waals surface area contributed by atoms with Crippen molar-refractivity contribution in [2.45, 2.75) is 25.3 Å². The molecule has 0 aromatic heterocycles. The average molecular weight is 401 g/mol. The molecule has 0 saturated carbocycles. The van der Waals surface area contributed by atoms with Crippen LogP contribution < -0.4 is 15.4 Å². The Morgan fingerprint density at radius 2 is 2.10 bits per heavy atom. The maximum absolute atomic E-state index is 5.23. The molecule has 1 aliphatic carbocycles. The van der Waals surface area contributed by atoms with Crippen LogP contribution in [0.2, 0.25) is 0 Å². The molecular formula is C16H24IN3O. The van der Waals surface area contributed by atoms with Gasteiger partial charge in [0, 0.05) is 19.6 Å². The van der Waals surface area contributed by atoms with E-state index in [0.29, 0.717) is 6.04 Å². The van der Waals surface area contributed by atoms with Crippen molar-refractivity contribution in [1.29, 1.82) is 0 Å². The van der Waals surface area contributed by atoms with Crippen molar-refractivity contribution >= 4 is 29.9 Å². The van der Waals surface area contributed by atoms with E-state index in [-0.39, 0.29) is 24.0 Å². The number of methoxy groups -OCH3 is 1. The van der Waals surface area contributed by atoms with Gasteiger partial charge >= 0.3 is 0 Å². The molecule has 0 aliphatic heterocycles.